The van der Waals surface area contributed by atoms with Gasteiger partial charge in [0, 0.05) is 12.2 Å². The number of amides is 1. The van der Waals surface area contributed by atoms with Crippen LogP contribution in [-0.2, 0) is 11.3 Å². The molecule has 0 aliphatic heterocycles. The third-order valence-corrected chi connectivity index (χ3v) is 5.17. The zero-order chi connectivity index (χ0) is 18.7. The number of carbonyl (C=O) groups is 1. The number of carbonyl (C=O) groups excluding carboxylic acids is 1. The molecular weight excluding hydrogens is 346 g/mol. The van der Waals surface area contributed by atoms with E-state index < -0.39 is 0 Å². The Kier molecular flexibility index (Phi) is 5.42. The van der Waals surface area contributed by atoms with E-state index in [1.54, 1.807) is 10.6 Å². The minimum atomic E-state index is -0.388. The van der Waals surface area contributed by atoms with Crippen molar-refractivity contribution < 1.29 is 4.79 Å². The lowest BCUT2D eigenvalue weighted by atomic mass is 10.2. The van der Waals surface area contributed by atoms with Crippen LogP contribution in [0.5, 0.6) is 0 Å². The Balaban J connectivity index is 1.85. The SMILES string of the molecule is CCn1c(SC(C)C(=O)Nc2cccc(C)c2)nc2ccccc2c1=O. The second-order valence-electron chi connectivity index (χ2n) is 6.08. The van der Waals surface area contributed by atoms with Crippen LogP contribution in [0.1, 0.15) is 19.4 Å². The van der Waals surface area contributed by atoms with E-state index in [-0.39, 0.29) is 16.7 Å². The molecule has 1 atom stereocenters. The van der Waals surface area contributed by atoms with Crippen LogP contribution in [0, 0.1) is 6.92 Å². The minimum Gasteiger partial charge on any atom is -0.325 e. The van der Waals surface area contributed by atoms with Crippen molar-refractivity contribution in [1.29, 1.82) is 0 Å². The third-order valence-electron chi connectivity index (χ3n) is 4.08. The number of nitrogens with one attached hydrogen (secondary N) is 1. The highest BCUT2D eigenvalue weighted by molar-refractivity contribution is 8.00. The summed E-state index contributed by atoms with van der Waals surface area (Å²) in [6.45, 7) is 6.20. The maximum Gasteiger partial charge on any atom is 0.262 e. The number of nitrogens with zero attached hydrogens (tertiary/aromatic N) is 2. The second-order valence-corrected chi connectivity index (χ2v) is 7.39. The molecule has 1 heterocycles. The number of aromatic nitrogens is 2. The first-order valence-corrected chi connectivity index (χ1v) is 9.41. The van der Waals surface area contributed by atoms with Gasteiger partial charge in [-0.05, 0) is 50.6 Å². The minimum absolute atomic E-state index is 0.0770. The Morgan fingerprint density at radius 1 is 1.23 bits per heavy atom. The number of hydrogen-bond donors (Lipinski definition) is 1. The summed E-state index contributed by atoms with van der Waals surface area (Å²) in [7, 11) is 0. The molecule has 3 aromatic rings. The van der Waals surface area contributed by atoms with E-state index in [0.717, 1.165) is 11.3 Å². The van der Waals surface area contributed by atoms with Crippen molar-refractivity contribution in [2.24, 2.45) is 0 Å². The summed E-state index contributed by atoms with van der Waals surface area (Å²) in [5.74, 6) is -0.120. The van der Waals surface area contributed by atoms with E-state index in [1.807, 2.05) is 63.2 Å². The number of aryl methyl sites for hydroxylation is 1. The Hall–Kier alpha value is -2.60. The lowest BCUT2D eigenvalue weighted by molar-refractivity contribution is -0.115. The number of rotatable bonds is 5. The fourth-order valence-electron chi connectivity index (χ4n) is 2.69. The normalized spacial score (nSPS) is 12.1. The quantitative estimate of drug-likeness (QED) is 0.550. The number of thioether (sulfide) groups is 1. The molecule has 3 rings (SSSR count). The Morgan fingerprint density at radius 3 is 2.73 bits per heavy atom. The maximum atomic E-state index is 12.7. The van der Waals surface area contributed by atoms with Crippen molar-refractivity contribution in [2.75, 3.05) is 5.32 Å². The van der Waals surface area contributed by atoms with Crippen molar-refractivity contribution in [3.63, 3.8) is 0 Å². The van der Waals surface area contributed by atoms with Gasteiger partial charge in [-0.3, -0.25) is 14.2 Å². The smallest absolute Gasteiger partial charge is 0.262 e. The van der Waals surface area contributed by atoms with Crippen LogP contribution in [0.2, 0.25) is 0 Å². The summed E-state index contributed by atoms with van der Waals surface area (Å²) in [5, 5.41) is 3.68. The molecule has 0 bridgehead atoms. The van der Waals surface area contributed by atoms with Gasteiger partial charge >= 0.3 is 0 Å². The van der Waals surface area contributed by atoms with Gasteiger partial charge in [-0.2, -0.15) is 0 Å². The standard InChI is InChI=1S/C20H21N3O2S/c1-4-23-19(25)16-10-5-6-11-17(16)22-20(23)26-14(3)18(24)21-15-9-7-8-13(2)12-15/h5-12,14H,4H2,1-3H3,(H,21,24). The third kappa shape index (κ3) is 3.80. The van der Waals surface area contributed by atoms with Crippen LogP contribution >= 0.6 is 11.8 Å². The lowest BCUT2D eigenvalue weighted by Crippen LogP contribution is -2.26. The molecule has 0 fully saturated rings. The molecule has 1 N–H and O–H groups in total. The van der Waals surface area contributed by atoms with Gasteiger partial charge in [-0.15, -0.1) is 0 Å². The predicted octanol–water partition coefficient (Wildman–Crippen LogP) is 3.84. The lowest BCUT2D eigenvalue weighted by Gasteiger charge is -2.15. The Labute approximate surface area is 156 Å². The Bertz CT molecular complexity index is 1010. The molecule has 2 aromatic carbocycles. The summed E-state index contributed by atoms with van der Waals surface area (Å²) < 4.78 is 1.61. The van der Waals surface area contributed by atoms with Gasteiger partial charge in [0.15, 0.2) is 5.16 Å². The van der Waals surface area contributed by atoms with Gasteiger partial charge in [-0.1, -0.05) is 36.0 Å². The summed E-state index contributed by atoms with van der Waals surface area (Å²) in [6, 6.07) is 14.9. The highest BCUT2D eigenvalue weighted by atomic mass is 32.2. The average molecular weight is 367 g/mol. The van der Waals surface area contributed by atoms with E-state index in [2.05, 4.69) is 10.3 Å². The number of hydrogen-bond acceptors (Lipinski definition) is 4. The predicted molar refractivity (Wildman–Crippen MR) is 107 cm³/mol. The monoisotopic (exact) mass is 367 g/mol. The molecule has 0 saturated heterocycles. The molecule has 134 valence electrons. The molecule has 6 heteroatoms. The first-order valence-electron chi connectivity index (χ1n) is 8.53. The van der Waals surface area contributed by atoms with E-state index in [0.29, 0.717) is 22.6 Å². The topological polar surface area (TPSA) is 64.0 Å². The van der Waals surface area contributed by atoms with Crippen molar-refractivity contribution in [1.82, 2.24) is 9.55 Å². The molecule has 1 aromatic heterocycles. The van der Waals surface area contributed by atoms with Crippen LogP contribution in [-0.4, -0.2) is 20.7 Å². The highest BCUT2D eigenvalue weighted by Crippen LogP contribution is 2.23. The van der Waals surface area contributed by atoms with Crippen LogP contribution < -0.4 is 10.9 Å². The van der Waals surface area contributed by atoms with Gasteiger partial charge in [0.1, 0.15) is 0 Å². The van der Waals surface area contributed by atoms with Crippen LogP contribution in [0.4, 0.5) is 5.69 Å². The molecule has 0 aliphatic rings. The van der Waals surface area contributed by atoms with Crippen LogP contribution in [0.3, 0.4) is 0 Å². The summed E-state index contributed by atoms with van der Waals surface area (Å²) in [5.41, 5.74) is 2.42. The van der Waals surface area contributed by atoms with Crippen LogP contribution in [0.15, 0.2) is 58.5 Å². The number of fused-ring (bicyclic) bond motifs is 1. The summed E-state index contributed by atoms with van der Waals surface area (Å²) in [4.78, 5) is 29.8. The zero-order valence-electron chi connectivity index (χ0n) is 15.0. The molecular formula is C20H21N3O2S. The van der Waals surface area contributed by atoms with Crippen molar-refractivity contribution in [3.8, 4) is 0 Å². The average Bonchev–Trinajstić information content (AvgIpc) is 2.62. The van der Waals surface area contributed by atoms with Crippen LogP contribution in [0.25, 0.3) is 10.9 Å². The first kappa shape index (κ1) is 18.2. The largest absolute Gasteiger partial charge is 0.325 e. The van der Waals surface area contributed by atoms with E-state index in [4.69, 9.17) is 0 Å². The number of anilines is 1. The first-order chi connectivity index (χ1) is 12.5. The van der Waals surface area contributed by atoms with Gasteiger partial charge < -0.3 is 5.32 Å². The van der Waals surface area contributed by atoms with Crippen molar-refractivity contribution in [3.05, 3.63) is 64.4 Å². The molecule has 1 amide bonds. The van der Waals surface area contributed by atoms with Crippen molar-refractivity contribution in [2.45, 2.75) is 37.7 Å². The zero-order valence-corrected chi connectivity index (χ0v) is 15.8. The Morgan fingerprint density at radius 2 is 2.00 bits per heavy atom. The van der Waals surface area contributed by atoms with Gasteiger partial charge in [0.05, 0.1) is 16.2 Å². The molecule has 5 nitrogen and oxygen atoms in total. The van der Waals surface area contributed by atoms with Crippen molar-refractivity contribution >= 4 is 34.3 Å². The molecule has 1 unspecified atom stereocenters. The van der Waals surface area contributed by atoms with Gasteiger partial charge in [-0.25, -0.2) is 4.98 Å². The van der Waals surface area contributed by atoms with E-state index in [1.165, 1.54) is 11.8 Å². The summed E-state index contributed by atoms with van der Waals surface area (Å²) >= 11 is 1.30. The van der Waals surface area contributed by atoms with E-state index in [9.17, 15) is 9.59 Å². The number of para-hydroxylation sites is 1. The number of benzene rings is 2. The van der Waals surface area contributed by atoms with E-state index >= 15 is 0 Å². The second kappa shape index (κ2) is 7.74. The fourth-order valence-corrected chi connectivity index (χ4v) is 3.67. The maximum absolute atomic E-state index is 12.7. The van der Waals surface area contributed by atoms with Gasteiger partial charge in [0.2, 0.25) is 5.91 Å². The molecule has 0 radical (unpaired) electrons. The molecule has 0 aliphatic carbocycles. The molecule has 0 saturated carbocycles. The fraction of sp³-hybridized carbons (Fsp3) is 0.250. The molecule has 26 heavy (non-hydrogen) atoms. The van der Waals surface area contributed by atoms with Gasteiger partial charge in [0.25, 0.3) is 5.56 Å². The molecule has 0 spiro atoms. The highest BCUT2D eigenvalue weighted by Gasteiger charge is 2.19. The summed E-state index contributed by atoms with van der Waals surface area (Å²) in [6.07, 6.45) is 0.